The number of hydrogen-bond acceptors (Lipinski definition) is 3. The number of aliphatic hydroxyl groups excluding tert-OH is 2. The Hall–Kier alpha value is -1.30. The van der Waals surface area contributed by atoms with Gasteiger partial charge in [-0.3, -0.25) is 4.98 Å². The summed E-state index contributed by atoms with van der Waals surface area (Å²) < 4.78 is 14.8. The molecule has 2 N–H and O–H groups in total. The van der Waals surface area contributed by atoms with Crippen LogP contribution >= 0.6 is 15.9 Å². The third-order valence-corrected chi connectivity index (χ3v) is 3.83. The molecule has 0 aliphatic heterocycles. The highest BCUT2D eigenvalue weighted by Gasteiger charge is 2.34. The molecule has 2 rings (SSSR count). The van der Waals surface area contributed by atoms with Crippen molar-refractivity contribution in [1.82, 2.24) is 4.98 Å². The van der Waals surface area contributed by atoms with Crippen LogP contribution in [0.25, 0.3) is 0 Å². The summed E-state index contributed by atoms with van der Waals surface area (Å²) in [6, 6.07) is 9.78. The van der Waals surface area contributed by atoms with Gasteiger partial charge in [-0.1, -0.05) is 18.2 Å². The number of aliphatic hydroxyl groups is 2. The molecule has 0 aliphatic rings. The van der Waals surface area contributed by atoms with Crippen molar-refractivity contribution >= 4 is 15.9 Å². The summed E-state index contributed by atoms with van der Waals surface area (Å²) in [5.41, 5.74) is -0.0964. The molecule has 0 saturated carbocycles. The molecule has 1 aromatic heterocycles. The summed E-state index contributed by atoms with van der Waals surface area (Å²) in [6.07, 6.45) is 1.89. The molecule has 1 aromatic carbocycles. The lowest BCUT2D eigenvalue weighted by atomic mass is 9.77. The van der Waals surface area contributed by atoms with Crippen LogP contribution in [0, 0.1) is 5.82 Å². The summed E-state index contributed by atoms with van der Waals surface area (Å²) in [4.78, 5) is 4.22. The van der Waals surface area contributed by atoms with E-state index in [1.165, 1.54) is 6.07 Å². The third kappa shape index (κ3) is 3.06. The lowest BCUT2D eigenvalue weighted by Gasteiger charge is -2.30. The van der Waals surface area contributed by atoms with Crippen molar-refractivity contribution in [2.75, 3.05) is 13.2 Å². The van der Waals surface area contributed by atoms with E-state index >= 15 is 0 Å². The summed E-state index contributed by atoms with van der Waals surface area (Å²) in [7, 11) is 0. The van der Waals surface area contributed by atoms with Gasteiger partial charge in [-0.2, -0.15) is 0 Å². The summed E-state index contributed by atoms with van der Waals surface area (Å²) in [5.74, 6) is -0.437. The molecular formula is C15H15BrFNO2. The van der Waals surface area contributed by atoms with Crippen LogP contribution in [0.2, 0.25) is 0 Å². The SMILES string of the molecule is OCC(CO)(Cc1ccc(Br)cn1)c1ccccc1F. The van der Waals surface area contributed by atoms with Crippen molar-refractivity contribution < 1.29 is 14.6 Å². The number of hydrogen-bond donors (Lipinski definition) is 2. The van der Waals surface area contributed by atoms with Gasteiger partial charge in [0.1, 0.15) is 5.82 Å². The first kappa shape index (κ1) is 15.1. The third-order valence-electron chi connectivity index (χ3n) is 3.36. The minimum absolute atomic E-state index is 0.258. The van der Waals surface area contributed by atoms with E-state index in [1.54, 1.807) is 30.5 Å². The van der Waals surface area contributed by atoms with Gasteiger partial charge in [0.25, 0.3) is 0 Å². The number of rotatable bonds is 5. The lowest BCUT2D eigenvalue weighted by molar-refractivity contribution is 0.112. The Balaban J connectivity index is 2.39. The first-order chi connectivity index (χ1) is 9.61. The Morgan fingerprint density at radius 1 is 1.10 bits per heavy atom. The van der Waals surface area contributed by atoms with E-state index in [0.717, 1.165) is 4.47 Å². The molecule has 0 atom stereocenters. The van der Waals surface area contributed by atoms with Gasteiger partial charge in [0, 0.05) is 28.2 Å². The van der Waals surface area contributed by atoms with E-state index in [2.05, 4.69) is 20.9 Å². The highest BCUT2D eigenvalue weighted by atomic mass is 79.9. The zero-order valence-electron chi connectivity index (χ0n) is 10.8. The number of aromatic nitrogens is 1. The van der Waals surface area contributed by atoms with Crippen molar-refractivity contribution in [2.24, 2.45) is 0 Å². The molecule has 0 fully saturated rings. The monoisotopic (exact) mass is 339 g/mol. The predicted octanol–water partition coefficient (Wildman–Crippen LogP) is 2.45. The molecule has 0 spiro atoms. The van der Waals surface area contributed by atoms with Gasteiger partial charge in [0.2, 0.25) is 0 Å². The van der Waals surface area contributed by atoms with Crippen molar-refractivity contribution in [3.05, 3.63) is 64.1 Å². The number of benzene rings is 1. The first-order valence-corrected chi connectivity index (χ1v) is 6.98. The maximum Gasteiger partial charge on any atom is 0.127 e. The molecule has 0 bridgehead atoms. The van der Waals surface area contributed by atoms with Gasteiger partial charge >= 0.3 is 0 Å². The molecule has 0 unspecified atom stereocenters. The Morgan fingerprint density at radius 3 is 2.35 bits per heavy atom. The molecular weight excluding hydrogens is 325 g/mol. The van der Waals surface area contributed by atoms with E-state index in [1.807, 2.05) is 6.07 Å². The average molecular weight is 340 g/mol. The van der Waals surface area contributed by atoms with Crippen LogP contribution in [0.4, 0.5) is 4.39 Å². The molecule has 0 radical (unpaired) electrons. The van der Waals surface area contributed by atoms with Crippen LogP contribution in [0.3, 0.4) is 0 Å². The molecule has 0 amide bonds. The Labute approximate surface area is 125 Å². The largest absolute Gasteiger partial charge is 0.395 e. The second kappa shape index (κ2) is 6.43. The van der Waals surface area contributed by atoms with Gasteiger partial charge < -0.3 is 10.2 Å². The van der Waals surface area contributed by atoms with Crippen molar-refractivity contribution in [2.45, 2.75) is 11.8 Å². The molecule has 20 heavy (non-hydrogen) atoms. The van der Waals surface area contributed by atoms with Crippen LogP contribution in [0.15, 0.2) is 47.1 Å². The fourth-order valence-corrected chi connectivity index (χ4v) is 2.41. The minimum Gasteiger partial charge on any atom is -0.395 e. The zero-order valence-corrected chi connectivity index (χ0v) is 12.3. The summed E-state index contributed by atoms with van der Waals surface area (Å²) in [5, 5.41) is 19.4. The number of halogens is 2. The van der Waals surface area contributed by atoms with Gasteiger partial charge in [0.15, 0.2) is 0 Å². The molecule has 106 valence electrons. The first-order valence-electron chi connectivity index (χ1n) is 6.18. The van der Waals surface area contributed by atoms with Crippen LogP contribution in [0.1, 0.15) is 11.3 Å². The normalized spacial score (nSPS) is 11.6. The Bertz CT molecular complexity index is 570. The maximum atomic E-state index is 14.0. The van der Waals surface area contributed by atoms with Crippen molar-refractivity contribution in [3.8, 4) is 0 Å². The molecule has 2 aromatic rings. The van der Waals surface area contributed by atoms with Gasteiger partial charge in [0.05, 0.1) is 13.2 Å². The molecule has 3 nitrogen and oxygen atoms in total. The highest BCUT2D eigenvalue weighted by molar-refractivity contribution is 9.10. The van der Waals surface area contributed by atoms with Gasteiger partial charge in [-0.05, 0) is 39.7 Å². The lowest BCUT2D eigenvalue weighted by Crippen LogP contribution is -2.38. The Morgan fingerprint density at radius 2 is 1.80 bits per heavy atom. The quantitative estimate of drug-likeness (QED) is 0.879. The van der Waals surface area contributed by atoms with E-state index in [-0.39, 0.29) is 19.6 Å². The van der Waals surface area contributed by atoms with E-state index in [9.17, 15) is 14.6 Å². The average Bonchev–Trinajstić information content (AvgIpc) is 2.48. The van der Waals surface area contributed by atoms with Gasteiger partial charge in [-0.15, -0.1) is 0 Å². The van der Waals surface area contributed by atoms with Crippen LogP contribution in [-0.2, 0) is 11.8 Å². The Kier molecular flexibility index (Phi) is 4.86. The second-order valence-corrected chi connectivity index (χ2v) is 5.64. The van der Waals surface area contributed by atoms with E-state index < -0.39 is 11.2 Å². The summed E-state index contributed by atoms with van der Waals surface area (Å²) >= 11 is 3.29. The van der Waals surface area contributed by atoms with E-state index in [0.29, 0.717) is 11.3 Å². The molecule has 1 heterocycles. The predicted molar refractivity (Wildman–Crippen MR) is 77.9 cm³/mol. The van der Waals surface area contributed by atoms with E-state index in [4.69, 9.17) is 0 Å². The zero-order chi connectivity index (χ0) is 14.6. The van der Waals surface area contributed by atoms with Crippen molar-refractivity contribution in [3.63, 3.8) is 0 Å². The van der Waals surface area contributed by atoms with Crippen molar-refractivity contribution in [1.29, 1.82) is 0 Å². The standard InChI is InChI=1S/C15H15BrFNO2/c16-11-5-6-12(18-8-11)7-15(9-19,10-20)13-3-1-2-4-14(13)17/h1-6,8,19-20H,7,9-10H2. The minimum atomic E-state index is -1.08. The fraction of sp³-hybridized carbons (Fsp3) is 0.267. The van der Waals surface area contributed by atoms with Gasteiger partial charge in [-0.25, -0.2) is 4.39 Å². The fourth-order valence-electron chi connectivity index (χ4n) is 2.18. The molecule has 0 aliphatic carbocycles. The number of pyridine rings is 1. The van der Waals surface area contributed by atoms with Crippen LogP contribution < -0.4 is 0 Å². The van der Waals surface area contributed by atoms with Crippen LogP contribution in [0.5, 0.6) is 0 Å². The number of nitrogens with zero attached hydrogens (tertiary/aromatic N) is 1. The molecule has 0 saturated heterocycles. The highest BCUT2D eigenvalue weighted by Crippen LogP contribution is 2.29. The topological polar surface area (TPSA) is 53.4 Å². The molecule has 5 heteroatoms. The second-order valence-electron chi connectivity index (χ2n) is 4.72. The summed E-state index contributed by atoms with van der Waals surface area (Å²) in [6.45, 7) is -0.718. The maximum absolute atomic E-state index is 14.0. The van der Waals surface area contributed by atoms with Crippen LogP contribution in [-0.4, -0.2) is 28.4 Å². The smallest absolute Gasteiger partial charge is 0.127 e.